The van der Waals surface area contributed by atoms with E-state index in [4.69, 9.17) is 0 Å². The predicted molar refractivity (Wildman–Crippen MR) is 38.6 cm³/mol. The van der Waals surface area contributed by atoms with Gasteiger partial charge in [0.2, 0.25) is 0 Å². The molecule has 1 heteroatoms. The van der Waals surface area contributed by atoms with E-state index in [0.29, 0.717) is 0 Å². The van der Waals surface area contributed by atoms with Gasteiger partial charge in [-0.25, -0.2) is 0 Å². The van der Waals surface area contributed by atoms with E-state index < -0.39 is 0 Å². The quantitative estimate of drug-likeness (QED) is 0.323. The molecule has 0 aromatic rings. The second-order valence-electron chi connectivity index (χ2n) is 2.48. The standard InChI is InChI=1S/C6H7I/c7-6-3-1-2-5(6)4-6/h1-2,5H,3-4H2. The van der Waals surface area contributed by atoms with Crippen LogP contribution in [0.25, 0.3) is 0 Å². The molecule has 0 aliphatic heterocycles. The molecule has 2 atom stereocenters. The molecule has 0 nitrogen and oxygen atoms in total. The normalized spacial score (nSPS) is 54.7. The fourth-order valence-corrected chi connectivity index (χ4v) is 2.15. The summed E-state index contributed by atoms with van der Waals surface area (Å²) >= 11 is 2.58. The molecule has 2 aliphatic carbocycles. The second kappa shape index (κ2) is 1.07. The lowest BCUT2D eigenvalue weighted by atomic mass is 10.3. The van der Waals surface area contributed by atoms with Crippen molar-refractivity contribution in [3.63, 3.8) is 0 Å². The molecular formula is C6H7I. The Labute approximate surface area is 57.1 Å². The Balaban J connectivity index is 2.28. The number of rotatable bonds is 0. The molecule has 0 aromatic heterocycles. The third-order valence-electron chi connectivity index (χ3n) is 1.89. The van der Waals surface area contributed by atoms with Crippen LogP contribution in [0.3, 0.4) is 0 Å². The van der Waals surface area contributed by atoms with Crippen molar-refractivity contribution < 1.29 is 0 Å². The molecule has 0 N–H and O–H groups in total. The number of hydrogen-bond donors (Lipinski definition) is 0. The predicted octanol–water partition coefficient (Wildman–Crippen LogP) is 2.14. The van der Waals surface area contributed by atoms with Crippen LogP contribution in [0.5, 0.6) is 0 Å². The van der Waals surface area contributed by atoms with Crippen LogP contribution >= 0.6 is 22.6 Å². The summed E-state index contributed by atoms with van der Waals surface area (Å²) in [5, 5.41) is 0. The average molecular weight is 206 g/mol. The van der Waals surface area contributed by atoms with Crippen LogP contribution < -0.4 is 0 Å². The van der Waals surface area contributed by atoms with E-state index in [0.717, 1.165) is 9.34 Å². The second-order valence-corrected chi connectivity index (χ2v) is 4.63. The number of halogens is 1. The molecular weight excluding hydrogens is 199 g/mol. The Kier molecular flexibility index (Phi) is 0.664. The van der Waals surface area contributed by atoms with Crippen LogP contribution in [0.15, 0.2) is 12.2 Å². The van der Waals surface area contributed by atoms with Crippen molar-refractivity contribution in [3.8, 4) is 0 Å². The van der Waals surface area contributed by atoms with E-state index in [1.807, 2.05) is 0 Å². The minimum Gasteiger partial charge on any atom is -0.0869 e. The van der Waals surface area contributed by atoms with Crippen molar-refractivity contribution in [1.29, 1.82) is 0 Å². The van der Waals surface area contributed by atoms with Crippen LogP contribution in [0.2, 0.25) is 0 Å². The summed E-state index contributed by atoms with van der Waals surface area (Å²) in [6.45, 7) is 0. The molecule has 0 heterocycles. The third kappa shape index (κ3) is 0.477. The Morgan fingerprint density at radius 1 is 1.71 bits per heavy atom. The maximum absolute atomic E-state index is 2.58. The van der Waals surface area contributed by atoms with Gasteiger partial charge in [0.1, 0.15) is 0 Å². The zero-order valence-electron chi connectivity index (χ0n) is 4.02. The maximum atomic E-state index is 2.58. The first-order valence-corrected chi connectivity index (χ1v) is 3.75. The van der Waals surface area contributed by atoms with Gasteiger partial charge >= 0.3 is 0 Å². The summed E-state index contributed by atoms with van der Waals surface area (Å²) in [6, 6.07) is 0. The Hall–Kier alpha value is 0.470. The summed E-state index contributed by atoms with van der Waals surface area (Å²) in [4.78, 5) is 0. The average Bonchev–Trinajstić information content (AvgIpc) is 2.09. The maximum Gasteiger partial charge on any atom is 0.0325 e. The van der Waals surface area contributed by atoms with Crippen molar-refractivity contribution in [1.82, 2.24) is 0 Å². The molecule has 2 rings (SSSR count). The van der Waals surface area contributed by atoms with Crippen molar-refractivity contribution in [2.75, 3.05) is 0 Å². The van der Waals surface area contributed by atoms with Crippen molar-refractivity contribution >= 4 is 22.6 Å². The Bertz CT molecular complexity index is 128. The van der Waals surface area contributed by atoms with Gasteiger partial charge in [0.25, 0.3) is 0 Å². The van der Waals surface area contributed by atoms with Gasteiger partial charge in [0, 0.05) is 3.42 Å². The van der Waals surface area contributed by atoms with E-state index >= 15 is 0 Å². The van der Waals surface area contributed by atoms with E-state index in [2.05, 4.69) is 34.7 Å². The molecule has 0 spiro atoms. The highest BCUT2D eigenvalue weighted by Gasteiger charge is 2.51. The molecule has 1 fully saturated rings. The zero-order valence-corrected chi connectivity index (χ0v) is 6.18. The van der Waals surface area contributed by atoms with E-state index in [-0.39, 0.29) is 0 Å². The molecule has 38 valence electrons. The highest BCUT2D eigenvalue weighted by atomic mass is 127. The van der Waals surface area contributed by atoms with Gasteiger partial charge in [-0.3, -0.25) is 0 Å². The summed E-state index contributed by atoms with van der Waals surface area (Å²) < 4.78 is 0.720. The minimum absolute atomic E-state index is 0.720. The highest BCUT2D eigenvalue weighted by Crippen LogP contribution is 2.58. The molecule has 0 amide bonds. The van der Waals surface area contributed by atoms with Gasteiger partial charge in [0.05, 0.1) is 0 Å². The van der Waals surface area contributed by atoms with Gasteiger partial charge in [-0.05, 0) is 18.8 Å². The van der Waals surface area contributed by atoms with Crippen LogP contribution in [-0.4, -0.2) is 3.42 Å². The molecule has 0 saturated heterocycles. The van der Waals surface area contributed by atoms with Crippen LogP contribution in [-0.2, 0) is 0 Å². The SMILES string of the molecule is IC12CC=CC1C2. The summed E-state index contributed by atoms with van der Waals surface area (Å²) in [7, 11) is 0. The van der Waals surface area contributed by atoms with Crippen molar-refractivity contribution in [3.05, 3.63) is 12.2 Å². The molecule has 0 bridgehead atoms. The first kappa shape index (κ1) is 4.36. The van der Waals surface area contributed by atoms with Gasteiger partial charge < -0.3 is 0 Å². The van der Waals surface area contributed by atoms with Crippen LogP contribution in [0, 0.1) is 5.92 Å². The fraction of sp³-hybridized carbons (Fsp3) is 0.667. The fourth-order valence-electron chi connectivity index (χ4n) is 1.21. The lowest BCUT2D eigenvalue weighted by molar-refractivity contribution is 0.959. The number of alkyl halides is 1. The number of hydrogen-bond acceptors (Lipinski definition) is 0. The van der Waals surface area contributed by atoms with E-state index in [1.165, 1.54) is 12.8 Å². The molecule has 7 heavy (non-hydrogen) atoms. The lowest BCUT2D eigenvalue weighted by Gasteiger charge is -1.93. The Morgan fingerprint density at radius 3 is 2.71 bits per heavy atom. The van der Waals surface area contributed by atoms with E-state index in [1.54, 1.807) is 0 Å². The molecule has 2 aliphatic rings. The molecule has 2 unspecified atom stereocenters. The summed E-state index contributed by atoms with van der Waals surface area (Å²) in [6.07, 6.45) is 7.44. The van der Waals surface area contributed by atoms with Crippen molar-refractivity contribution in [2.24, 2.45) is 5.92 Å². The van der Waals surface area contributed by atoms with Gasteiger partial charge in [-0.1, -0.05) is 34.7 Å². The number of allylic oxidation sites excluding steroid dienone is 2. The van der Waals surface area contributed by atoms with Crippen LogP contribution in [0.1, 0.15) is 12.8 Å². The monoisotopic (exact) mass is 206 g/mol. The highest BCUT2D eigenvalue weighted by molar-refractivity contribution is 14.1. The summed E-state index contributed by atoms with van der Waals surface area (Å²) in [5.74, 6) is 0.966. The third-order valence-corrected chi connectivity index (χ3v) is 3.57. The van der Waals surface area contributed by atoms with Gasteiger partial charge in [0.15, 0.2) is 0 Å². The minimum atomic E-state index is 0.720. The molecule has 0 radical (unpaired) electrons. The Morgan fingerprint density at radius 2 is 2.57 bits per heavy atom. The zero-order chi connectivity index (χ0) is 4.91. The number of fused-ring (bicyclic) bond motifs is 1. The molecule has 0 aromatic carbocycles. The topological polar surface area (TPSA) is 0 Å². The van der Waals surface area contributed by atoms with Gasteiger partial charge in [-0.2, -0.15) is 0 Å². The largest absolute Gasteiger partial charge is 0.0869 e. The molecule has 1 saturated carbocycles. The smallest absolute Gasteiger partial charge is 0.0325 e. The first-order chi connectivity index (χ1) is 3.31. The van der Waals surface area contributed by atoms with Gasteiger partial charge in [-0.15, -0.1) is 0 Å². The van der Waals surface area contributed by atoms with Crippen molar-refractivity contribution in [2.45, 2.75) is 16.3 Å². The van der Waals surface area contributed by atoms with E-state index in [9.17, 15) is 0 Å². The summed E-state index contributed by atoms with van der Waals surface area (Å²) in [5.41, 5.74) is 0. The lowest BCUT2D eigenvalue weighted by Crippen LogP contribution is -1.90. The first-order valence-electron chi connectivity index (χ1n) is 2.67. The van der Waals surface area contributed by atoms with Crippen LogP contribution in [0.4, 0.5) is 0 Å².